The number of aromatic hydroxyl groups is 2. The first-order chi connectivity index (χ1) is 22.2. The van der Waals surface area contributed by atoms with Gasteiger partial charge in [-0.05, 0) is 93.5 Å². The molecule has 9 heteroatoms. The topological polar surface area (TPSA) is 90.2 Å². The summed E-state index contributed by atoms with van der Waals surface area (Å²) in [6.45, 7) is 10.9. The van der Waals surface area contributed by atoms with Crippen molar-refractivity contribution < 1.29 is 24.1 Å². The number of nitrogens with one attached hydrogen (secondary N) is 1. The maximum atomic E-state index is 13.3. The fourth-order valence-electron chi connectivity index (χ4n) is 6.14. The lowest BCUT2D eigenvalue weighted by Crippen LogP contribution is -2.44. The molecule has 1 fully saturated rings. The summed E-state index contributed by atoms with van der Waals surface area (Å²) in [4.78, 5) is 18.0. The molecule has 4 aromatic carbocycles. The Morgan fingerprint density at radius 1 is 0.870 bits per heavy atom. The number of carbonyl (C=O) groups is 1. The summed E-state index contributed by atoms with van der Waals surface area (Å²) in [5.74, 6) is -0.175. The molecule has 1 aliphatic rings. The van der Waals surface area contributed by atoms with Gasteiger partial charge < -0.3 is 34.6 Å². The second-order valence-corrected chi connectivity index (χ2v) is 12.0. The van der Waals surface area contributed by atoms with Gasteiger partial charge in [0, 0.05) is 72.7 Å². The Bertz CT molecular complexity index is 1850. The second kappa shape index (κ2) is 13.2. The van der Waals surface area contributed by atoms with Crippen LogP contribution in [0.4, 0.5) is 10.1 Å². The standard InChI is InChI=1S/C37H39FN4O4/c1-24-25(2)42(15-5-14-41-18-16-40(3)17-19-41)33-13-12-31(23-32(24)33)46-30-7-4-6-27(20-30)37(45)39-29-21-34(43)36(35(44)22-29)26-8-10-28(38)11-9-26/h4,6-13,20-23,43-44H,5,14-19H2,1-3H3,(H,39,45). The van der Waals surface area contributed by atoms with Crippen LogP contribution in [0.2, 0.25) is 0 Å². The summed E-state index contributed by atoms with van der Waals surface area (Å²) in [5, 5.41) is 25.0. The van der Waals surface area contributed by atoms with Crippen LogP contribution < -0.4 is 10.1 Å². The Balaban J connectivity index is 1.13. The van der Waals surface area contributed by atoms with Crippen molar-refractivity contribution in [3.05, 3.63) is 102 Å². The molecule has 1 saturated heterocycles. The van der Waals surface area contributed by atoms with Gasteiger partial charge in [-0.15, -0.1) is 0 Å². The maximum absolute atomic E-state index is 13.3. The molecular formula is C37H39FN4O4. The van der Waals surface area contributed by atoms with Crippen molar-refractivity contribution in [3.8, 4) is 34.1 Å². The third kappa shape index (κ3) is 6.71. The van der Waals surface area contributed by atoms with Crippen LogP contribution in [0.3, 0.4) is 0 Å². The molecule has 5 aromatic rings. The lowest BCUT2D eigenvalue weighted by molar-refractivity contribution is 0.102. The summed E-state index contributed by atoms with van der Waals surface area (Å²) in [6.07, 6.45) is 1.10. The molecule has 0 atom stereocenters. The highest BCUT2D eigenvalue weighted by Crippen LogP contribution is 2.40. The van der Waals surface area contributed by atoms with E-state index in [9.17, 15) is 19.4 Å². The number of benzene rings is 4. The quantitative estimate of drug-likeness (QED) is 0.162. The molecule has 8 nitrogen and oxygen atoms in total. The van der Waals surface area contributed by atoms with Gasteiger partial charge in [-0.1, -0.05) is 18.2 Å². The van der Waals surface area contributed by atoms with Gasteiger partial charge in [0.05, 0.1) is 5.56 Å². The largest absolute Gasteiger partial charge is 0.507 e. The number of phenolic OH excluding ortho intramolecular Hbond substituents is 2. The summed E-state index contributed by atoms with van der Waals surface area (Å²) < 4.78 is 21.9. The number of hydrogen-bond acceptors (Lipinski definition) is 6. The van der Waals surface area contributed by atoms with E-state index >= 15 is 0 Å². The van der Waals surface area contributed by atoms with E-state index in [1.54, 1.807) is 24.3 Å². The van der Waals surface area contributed by atoms with Crippen LogP contribution in [-0.4, -0.2) is 70.3 Å². The van der Waals surface area contributed by atoms with E-state index in [-0.39, 0.29) is 22.7 Å². The fraction of sp³-hybridized carbons (Fsp3) is 0.270. The molecule has 1 amide bonds. The molecule has 46 heavy (non-hydrogen) atoms. The van der Waals surface area contributed by atoms with E-state index in [1.807, 2.05) is 6.07 Å². The third-order valence-corrected chi connectivity index (χ3v) is 8.88. The summed E-state index contributed by atoms with van der Waals surface area (Å²) in [6, 6.07) is 21.0. The predicted octanol–water partition coefficient (Wildman–Crippen LogP) is 7.16. The SMILES string of the molecule is Cc1c(C)n(CCCN2CCN(C)CC2)c2ccc(Oc3cccc(C(=O)Nc4cc(O)c(-c5ccc(F)cc5)c(O)c4)c3)cc12. The average Bonchev–Trinajstić information content (AvgIpc) is 3.27. The lowest BCUT2D eigenvalue weighted by atomic mass is 10.0. The van der Waals surface area contributed by atoms with E-state index in [2.05, 4.69) is 52.7 Å². The molecule has 0 spiro atoms. The molecule has 1 aliphatic heterocycles. The Kier molecular flexibility index (Phi) is 8.96. The molecule has 6 rings (SSSR count). The van der Waals surface area contributed by atoms with E-state index < -0.39 is 11.7 Å². The van der Waals surface area contributed by atoms with Crippen molar-refractivity contribution in [3.63, 3.8) is 0 Å². The number of rotatable bonds is 9. The van der Waals surface area contributed by atoms with Crippen LogP contribution in [0.15, 0.2) is 78.9 Å². The zero-order chi connectivity index (χ0) is 32.4. The minimum Gasteiger partial charge on any atom is -0.507 e. The molecule has 0 saturated carbocycles. The number of hydrogen-bond donors (Lipinski definition) is 3. The molecule has 1 aromatic heterocycles. The van der Waals surface area contributed by atoms with Crippen LogP contribution in [0.1, 0.15) is 28.0 Å². The van der Waals surface area contributed by atoms with Gasteiger partial charge in [-0.25, -0.2) is 4.39 Å². The van der Waals surface area contributed by atoms with Crippen LogP contribution in [0, 0.1) is 19.7 Å². The van der Waals surface area contributed by atoms with Crippen LogP contribution in [0.25, 0.3) is 22.0 Å². The number of likely N-dealkylation sites (N-methyl/N-ethyl adjacent to an activating group) is 1. The smallest absolute Gasteiger partial charge is 0.255 e. The summed E-state index contributed by atoms with van der Waals surface area (Å²) in [5.41, 5.74) is 4.82. The Morgan fingerprint density at radius 3 is 2.28 bits per heavy atom. The van der Waals surface area contributed by atoms with Gasteiger partial charge in [-0.3, -0.25) is 4.79 Å². The van der Waals surface area contributed by atoms with Gasteiger partial charge in [0.15, 0.2) is 0 Å². The number of amides is 1. The highest BCUT2D eigenvalue weighted by Gasteiger charge is 2.17. The van der Waals surface area contributed by atoms with Crippen LogP contribution in [0.5, 0.6) is 23.0 Å². The molecule has 0 unspecified atom stereocenters. The van der Waals surface area contributed by atoms with E-state index in [0.717, 1.165) is 51.1 Å². The maximum Gasteiger partial charge on any atom is 0.255 e. The van der Waals surface area contributed by atoms with Crippen molar-refractivity contribution in [1.29, 1.82) is 0 Å². The lowest BCUT2D eigenvalue weighted by Gasteiger charge is -2.32. The number of nitrogens with zero attached hydrogens (tertiary/aromatic N) is 3. The highest BCUT2D eigenvalue weighted by atomic mass is 19.1. The summed E-state index contributed by atoms with van der Waals surface area (Å²) in [7, 11) is 2.18. The zero-order valence-corrected chi connectivity index (χ0v) is 26.4. The van der Waals surface area contributed by atoms with Crippen LogP contribution >= 0.6 is 0 Å². The van der Waals surface area contributed by atoms with Crippen LogP contribution in [-0.2, 0) is 6.54 Å². The van der Waals surface area contributed by atoms with Crippen molar-refractivity contribution in [2.45, 2.75) is 26.8 Å². The highest BCUT2D eigenvalue weighted by molar-refractivity contribution is 6.05. The molecular weight excluding hydrogens is 583 g/mol. The summed E-state index contributed by atoms with van der Waals surface area (Å²) >= 11 is 0. The van der Waals surface area contributed by atoms with Crippen molar-refractivity contribution in [2.75, 3.05) is 45.1 Å². The zero-order valence-electron chi connectivity index (χ0n) is 26.4. The number of anilines is 1. The van der Waals surface area contributed by atoms with Gasteiger partial charge >= 0.3 is 0 Å². The van der Waals surface area contributed by atoms with Gasteiger partial charge in [0.25, 0.3) is 5.91 Å². The molecule has 238 valence electrons. The minimum absolute atomic E-state index is 0.150. The first kappa shape index (κ1) is 31.1. The first-order valence-corrected chi connectivity index (χ1v) is 15.6. The number of aromatic nitrogens is 1. The number of aryl methyl sites for hydroxylation is 2. The van der Waals surface area contributed by atoms with E-state index in [0.29, 0.717) is 22.6 Å². The van der Waals surface area contributed by atoms with Gasteiger partial charge in [0.1, 0.15) is 28.8 Å². The predicted molar refractivity (Wildman–Crippen MR) is 180 cm³/mol. The number of ether oxygens (including phenoxy) is 1. The monoisotopic (exact) mass is 622 g/mol. The Morgan fingerprint density at radius 2 is 1.57 bits per heavy atom. The Hall–Kier alpha value is -4.86. The molecule has 3 N–H and O–H groups in total. The molecule has 0 bridgehead atoms. The number of fused-ring (bicyclic) bond motifs is 1. The number of phenols is 2. The van der Waals surface area contributed by atoms with Crippen molar-refractivity contribution >= 4 is 22.5 Å². The number of carbonyl (C=O) groups excluding carboxylic acids is 1. The average molecular weight is 623 g/mol. The minimum atomic E-state index is -0.436. The Labute approximate surface area is 268 Å². The number of halogens is 1. The molecule has 0 radical (unpaired) electrons. The third-order valence-electron chi connectivity index (χ3n) is 8.88. The van der Waals surface area contributed by atoms with E-state index in [4.69, 9.17) is 4.74 Å². The normalized spacial score (nSPS) is 14.1. The second-order valence-electron chi connectivity index (χ2n) is 12.0. The van der Waals surface area contributed by atoms with Gasteiger partial charge in [-0.2, -0.15) is 0 Å². The fourth-order valence-corrected chi connectivity index (χ4v) is 6.14. The van der Waals surface area contributed by atoms with Gasteiger partial charge in [0.2, 0.25) is 0 Å². The van der Waals surface area contributed by atoms with E-state index in [1.165, 1.54) is 53.2 Å². The number of piperazine rings is 1. The van der Waals surface area contributed by atoms with Crippen molar-refractivity contribution in [2.24, 2.45) is 0 Å². The molecule has 0 aliphatic carbocycles. The first-order valence-electron chi connectivity index (χ1n) is 15.6. The molecule has 2 heterocycles. The van der Waals surface area contributed by atoms with Crippen molar-refractivity contribution in [1.82, 2.24) is 14.4 Å².